The minimum Gasteiger partial charge on any atom is -0.469 e. The summed E-state index contributed by atoms with van der Waals surface area (Å²) < 4.78 is 4.38. The average molecular weight is 261 g/mol. The van der Waals surface area contributed by atoms with Crippen LogP contribution in [0.25, 0.3) is 0 Å². The van der Waals surface area contributed by atoms with Crippen molar-refractivity contribution < 1.29 is 29.3 Å². The lowest BCUT2D eigenvalue weighted by molar-refractivity contribution is -0.144. The number of imide groups is 1. The fourth-order valence-electron chi connectivity index (χ4n) is 1.40. The molecule has 0 saturated carbocycles. The van der Waals surface area contributed by atoms with Gasteiger partial charge in [0.1, 0.15) is 0 Å². The Morgan fingerprint density at radius 3 is 2.06 bits per heavy atom. The van der Waals surface area contributed by atoms with E-state index in [2.05, 4.69) is 4.74 Å². The number of hydrogen-bond donors (Lipinski definition) is 2. The third kappa shape index (κ3) is 3.78. The molecule has 0 aliphatic carbocycles. The summed E-state index contributed by atoms with van der Waals surface area (Å²) in [5, 5.41) is 18.2. The van der Waals surface area contributed by atoms with Crippen LogP contribution in [0.1, 0.15) is 26.7 Å². The van der Waals surface area contributed by atoms with E-state index >= 15 is 0 Å². The van der Waals surface area contributed by atoms with Crippen LogP contribution in [0.3, 0.4) is 0 Å². The van der Waals surface area contributed by atoms with Crippen molar-refractivity contribution >= 4 is 17.8 Å². The molecule has 0 radical (unpaired) electrons. The molecule has 1 saturated heterocycles. The van der Waals surface area contributed by atoms with E-state index in [0.29, 0.717) is 0 Å². The van der Waals surface area contributed by atoms with Gasteiger partial charge in [0.15, 0.2) is 12.2 Å². The minimum absolute atomic E-state index is 0.0130. The molecule has 1 aliphatic rings. The molecule has 0 spiro atoms. The second-order valence-electron chi connectivity index (χ2n) is 3.40. The van der Waals surface area contributed by atoms with Crippen molar-refractivity contribution in [2.24, 2.45) is 0 Å². The standard InChI is InChI=1S/C9H13NO6.C2H6/c1-16-5(11)3-2-4-10-8(14)6(12)7(13)9(10)15;1-2/h6-7,12-13H,2-4H2,1H3;1-2H3. The molecule has 0 bridgehead atoms. The van der Waals surface area contributed by atoms with Crippen molar-refractivity contribution in [2.45, 2.75) is 38.9 Å². The van der Waals surface area contributed by atoms with Crippen molar-refractivity contribution in [3.8, 4) is 0 Å². The Bertz CT molecular complexity index is 297. The molecule has 7 heteroatoms. The van der Waals surface area contributed by atoms with Crippen LogP contribution >= 0.6 is 0 Å². The van der Waals surface area contributed by atoms with Crippen LogP contribution in [-0.4, -0.2) is 58.8 Å². The zero-order valence-corrected chi connectivity index (χ0v) is 10.8. The fourth-order valence-corrected chi connectivity index (χ4v) is 1.40. The molecule has 2 amide bonds. The number of rotatable bonds is 4. The van der Waals surface area contributed by atoms with Crippen molar-refractivity contribution in [1.29, 1.82) is 0 Å². The molecule has 2 unspecified atom stereocenters. The quantitative estimate of drug-likeness (QED) is 0.500. The molecule has 2 atom stereocenters. The first kappa shape index (κ1) is 16.5. The zero-order chi connectivity index (χ0) is 14.3. The van der Waals surface area contributed by atoms with Crippen LogP contribution in [-0.2, 0) is 19.1 Å². The number of likely N-dealkylation sites (tertiary alicyclic amines) is 1. The number of ether oxygens (including phenoxy) is 1. The van der Waals surface area contributed by atoms with Gasteiger partial charge in [-0.25, -0.2) is 0 Å². The Labute approximate surface area is 105 Å². The van der Waals surface area contributed by atoms with E-state index in [-0.39, 0.29) is 19.4 Å². The molecule has 1 fully saturated rings. The highest BCUT2D eigenvalue weighted by molar-refractivity contribution is 6.07. The van der Waals surface area contributed by atoms with Crippen LogP contribution in [0.2, 0.25) is 0 Å². The number of aliphatic hydroxyl groups is 2. The predicted molar refractivity (Wildman–Crippen MR) is 61.3 cm³/mol. The molecular formula is C11H19NO6. The number of methoxy groups -OCH3 is 1. The van der Waals surface area contributed by atoms with Crippen molar-refractivity contribution in [3.05, 3.63) is 0 Å². The number of esters is 1. The summed E-state index contributed by atoms with van der Waals surface area (Å²) >= 11 is 0. The molecular weight excluding hydrogens is 242 g/mol. The van der Waals surface area contributed by atoms with Crippen molar-refractivity contribution in [1.82, 2.24) is 4.90 Å². The lowest BCUT2D eigenvalue weighted by Gasteiger charge is -2.12. The first-order valence-electron chi connectivity index (χ1n) is 5.77. The normalized spacial score (nSPS) is 22.6. The highest BCUT2D eigenvalue weighted by Crippen LogP contribution is 2.14. The summed E-state index contributed by atoms with van der Waals surface area (Å²) in [6, 6.07) is 0. The van der Waals surface area contributed by atoms with Gasteiger partial charge in [-0.3, -0.25) is 19.3 Å². The molecule has 1 heterocycles. The summed E-state index contributed by atoms with van der Waals surface area (Å²) in [7, 11) is 1.24. The predicted octanol–water partition coefficient (Wildman–Crippen LogP) is -0.944. The van der Waals surface area contributed by atoms with E-state index in [0.717, 1.165) is 4.90 Å². The molecule has 1 aliphatic heterocycles. The van der Waals surface area contributed by atoms with Gasteiger partial charge in [-0.05, 0) is 6.42 Å². The second-order valence-corrected chi connectivity index (χ2v) is 3.40. The van der Waals surface area contributed by atoms with Gasteiger partial charge < -0.3 is 14.9 Å². The highest BCUT2D eigenvalue weighted by Gasteiger charge is 2.45. The molecule has 1 rings (SSSR count). The third-order valence-corrected chi connectivity index (χ3v) is 2.33. The number of hydrogen-bond acceptors (Lipinski definition) is 6. The number of aliphatic hydroxyl groups excluding tert-OH is 2. The Balaban J connectivity index is 0.00000137. The van der Waals surface area contributed by atoms with Crippen LogP contribution < -0.4 is 0 Å². The highest BCUT2D eigenvalue weighted by atomic mass is 16.5. The molecule has 7 nitrogen and oxygen atoms in total. The van der Waals surface area contributed by atoms with Crippen LogP contribution in [0.5, 0.6) is 0 Å². The first-order valence-corrected chi connectivity index (χ1v) is 5.77. The molecule has 0 aromatic heterocycles. The summed E-state index contributed by atoms with van der Waals surface area (Å²) in [6.07, 6.45) is -3.07. The fraction of sp³-hybridized carbons (Fsp3) is 0.727. The van der Waals surface area contributed by atoms with Gasteiger partial charge in [-0.1, -0.05) is 13.8 Å². The number of amides is 2. The van der Waals surface area contributed by atoms with Gasteiger partial charge in [-0.15, -0.1) is 0 Å². The van der Waals surface area contributed by atoms with E-state index in [1.54, 1.807) is 0 Å². The summed E-state index contributed by atoms with van der Waals surface area (Å²) in [4.78, 5) is 34.0. The molecule has 2 N–H and O–H groups in total. The summed E-state index contributed by atoms with van der Waals surface area (Å²) in [5.74, 6) is -2.11. The topological polar surface area (TPSA) is 104 Å². The third-order valence-electron chi connectivity index (χ3n) is 2.33. The van der Waals surface area contributed by atoms with Gasteiger partial charge >= 0.3 is 5.97 Å². The van der Waals surface area contributed by atoms with E-state index < -0.39 is 30.0 Å². The molecule has 18 heavy (non-hydrogen) atoms. The average Bonchev–Trinajstić information content (AvgIpc) is 2.58. The van der Waals surface area contributed by atoms with E-state index in [1.165, 1.54) is 7.11 Å². The number of carbonyl (C=O) groups is 3. The number of nitrogens with zero attached hydrogens (tertiary/aromatic N) is 1. The smallest absolute Gasteiger partial charge is 0.305 e. The second kappa shape index (κ2) is 7.78. The first-order chi connectivity index (χ1) is 8.49. The SMILES string of the molecule is CC.COC(=O)CCCN1C(=O)C(O)C(O)C1=O. The number of carbonyl (C=O) groups excluding carboxylic acids is 3. The van der Waals surface area contributed by atoms with Crippen molar-refractivity contribution in [3.63, 3.8) is 0 Å². The monoisotopic (exact) mass is 261 g/mol. The van der Waals surface area contributed by atoms with Crippen LogP contribution in [0.15, 0.2) is 0 Å². The molecule has 104 valence electrons. The Morgan fingerprint density at radius 2 is 1.67 bits per heavy atom. The van der Waals surface area contributed by atoms with Crippen molar-refractivity contribution in [2.75, 3.05) is 13.7 Å². The Hall–Kier alpha value is -1.47. The van der Waals surface area contributed by atoms with Crippen LogP contribution in [0.4, 0.5) is 0 Å². The maximum atomic E-state index is 11.3. The maximum absolute atomic E-state index is 11.3. The summed E-state index contributed by atoms with van der Waals surface area (Å²) in [5.41, 5.74) is 0. The Morgan fingerprint density at radius 1 is 1.22 bits per heavy atom. The van der Waals surface area contributed by atoms with Crippen LogP contribution in [0, 0.1) is 0 Å². The van der Waals surface area contributed by atoms with E-state index in [4.69, 9.17) is 10.2 Å². The van der Waals surface area contributed by atoms with Gasteiger partial charge in [0.05, 0.1) is 7.11 Å². The van der Waals surface area contributed by atoms with Gasteiger partial charge in [-0.2, -0.15) is 0 Å². The largest absolute Gasteiger partial charge is 0.469 e. The van der Waals surface area contributed by atoms with E-state index in [9.17, 15) is 14.4 Å². The minimum atomic E-state index is -1.69. The summed E-state index contributed by atoms with van der Waals surface area (Å²) in [6.45, 7) is 3.99. The van der Waals surface area contributed by atoms with Gasteiger partial charge in [0.25, 0.3) is 11.8 Å². The van der Waals surface area contributed by atoms with Gasteiger partial charge in [0, 0.05) is 13.0 Å². The van der Waals surface area contributed by atoms with Gasteiger partial charge in [0.2, 0.25) is 0 Å². The molecule has 0 aromatic carbocycles. The Kier molecular flexibility index (Phi) is 7.14. The lowest BCUT2D eigenvalue weighted by Crippen LogP contribution is -2.33. The lowest BCUT2D eigenvalue weighted by atomic mass is 10.2. The zero-order valence-electron chi connectivity index (χ0n) is 10.8. The van der Waals surface area contributed by atoms with E-state index in [1.807, 2.05) is 13.8 Å². The molecule has 0 aromatic rings. The maximum Gasteiger partial charge on any atom is 0.305 e.